The fourth-order valence-electron chi connectivity index (χ4n) is 12.1. The van der Waals surface area contributed by atoms with E-state index in [0.717, 1.165) is 6.42 Å². The van der Waals surface area contributed by atoms with Crippen molar-refractivity contribution in [3.8, 4) is 17.2 Å². The van der Waals surface area contributed by atoms with E-state index in [4.69, 9.17) is 37.9 Å². The topological polar surface area (TPSA) is 198 Å². The van der Waals surface area contributed by atoms with Gasteiger partial charge in [0.25, 0.3) is 5.91 Å². The Labute approximate surface area is 398 Å². The van der Waals surface area contributed by atoms with Gasteiger partial charge in [-0.25, -0.2) is 0 Å². The molecule has 18 atom stereocenters. The van der Waals surface area contributed by atoms with Crippen molar-refractivity contribution in [1.82, 2.24) is 5.32 Å². The third-order valence-corrected chi connectivity index (χ3v) is 16.7. The van der Waals surface area contributed by atoms with Crippen LogP contribution in [-0.4, -0.2) is 120 Å². The number of carbonyl (C=O) groups excluding carboxylic acids is 2. The number of aliphatic hydroxyl groups is 2. The fourth-order valence-corrected chi connectivity index (χ4v) is 12.1. The molecule has 1 aromatic rings. The maximum absolute atomic E-state index is 14.8. The lowest BCUT2D eigenvalue weighted by atomic mass is 9.72. The van der Waals surface area contributed by atoms with Gasteiger partial charge in [-0.3, -0.25) is 14.4 Å². The monoisotopic (exact) mass is 944 g/mol. The number of hydrogen-bond donors (Lipinski definition) is 4. The van der Waals surface area contributed by atoms with Crippen LogP contribution in [0.2, 0.25) is 0 Å². The molecule has 2 spiro atoms. The molecule has 6 rings (SSSR count). The average molecular weight is 944 g/mol. The smallest absolute Gasteiger partial charge is 0.309 e. The number of ketones is 1. The first-order chi connectivity index (χ1) is 31.6. The molecule has 4 fully saturated rings. The minimum Gasteiger partial charge on any atom is -0.493 e. The minimum atomic E-state index is -1.44. The maximum atomic E-state index is 14.8. The summed E-state index contributed by atoms with van der Waals surface area (Å²) in [6, 6.07) is 2.37. The zero-order valence-electron chi connectivity index (χ0n) is 42.3. The van der Waals surface area contributed by atoms with Crippen LogP contribution in [0.15, 0.2) is 24.3 Å². The van der Waals surface area contributed by atoms with Crippen LogP contribution in [-0.2, 0) is 33.3 Å². The lowest BCUT2D eigenvalue weighted by Gasteiger charge is -2.55. The summed E-state index contributed by atoms with van der Waals surface area (Å²) in [6.07, 6.45) is 5.93. The summed E-state index contributed by atoms with van der Waals surface area (Å²) in [6.45, 7) is 19.5. The zero-order chi connectivity index (χ0) is 49.4. The zero-order valence-corrected chi connectivity index (χ0v) is 42.3. The molecule has 0 aromatic heterocycles. The molecule has 15 nitrogen and oxygen atoms in total. The number of carbonyl (C=O) groups is 3. The lowest BCUT2D eigenvalue weighted by molar-refractivity contribution is -0.397. The third kappa shape index (κ3) is 10.2. The van der Waals surface area contributed by atoms with Crippen molar-refractivity contribution in [3.05, 3.63) is 29.8 Å². The van der Waals surface area contributed by atoms with Crippen LogP contribution in [0.3, 0.4) is 0 Å². The van der Waals surface area contributed by atoms with Crippen LogP contribution in [0.1, 0.15) is 144 Å². The number of amides is 1. The van der Waals surface area contributed by atoms with E-state index < -0.39 is 94.9 Å². The van der Waals surface area contributed by atoms with E-state index in [1.54, 1.807) is 19.1 Å². The molecule has 1 aromatic carbocycles. The van der Waals surface area contributed by atoms with E-state index in [0.29, 0.717) is 75.0 Å². The average Bonchev–Trinajstić information content (AvgIpc) is 3.65. The largest absolute Gasteiger partial charge is 0.493 e. The molecule has 67 heavy (non-hydrogen) atoms. The Morgan fingerprint density at radius 1 is 0.851 bits per heavy atom. The fraction of sp³-hybridized carbons (Fsp3) is 0.788. The Hall–Kier alpha value is -3.31. The van der Waals surface area contributed by atoms with Crippen molar-refractivity contribution in [2.24, 2.45) is 41.4 Å². The Kier molecular flexibility index (Phi) is 16.6. The molecule has 0 bridgehead atoms. The van der Waals surface area contributed by atoms with E-state index in [9.17, 15) is 29.7 Å². The number of aliphatic hydroxyl groups excluding tert-OH is 1. The van der Waals surface area contributed by atoms with Crippen LogP contribution in [0, 0.1) is 41.4 Å². The molecule has 0 unspecified atom stereocenters. The van der Waals surface area contributed by atoms with Gasteiger partial charge in [0.1, 0.15) is 11.8 Å². The highest BCUT2D eigenvalue weighted by Gasteiger charge is 2.63. The highest BCUT2D eigenvalue weighted by Crippen LogP contribution is 2.54. The van der Waals surface area contributed by atoms with E-state index in [1.807, 2.05) is 53.7 Å². The van der Waals surface area contributed by atoms with E-state index in [2.05, 4.69) is 26.1 Å². The molecule has 5 aliphatic rings. The van der Waals surface area contributed by atoms with Crippen molar-refractivity contribution in [1.29, 1.82) is 0 Å². The third-order valence-electron chi connectivity index (χ3n) is 16.7. The van der Waals surface area contributed by atoms with Crippen molar-refractivity contribution >= 4 is 17.7 Å². The molecule has 5 aliphatic heterocycles. The van der Waals surface area contributed by atoms with Crippen molar-refractivity contribution in [3.63, 3.8) is 0 Å². The molecule has 5 heterocycles. The Morgan fingerprint density at radius 3 is 2.07 bits per heavy atom. The lowest BCUT2D eigenvalue weighted by Crippen LogP contribution is -2.65. The van der Waals surface area contributed by atoms with Crippen LogP contribution in [0.25, 0.3) is 0 Å². The first-order valence-electron chi connectivity index (χ1n) is 25.0. The number of methoxy groups -OCH3 is 3. The molecular formula is C52H81NO14. The SMILES string of the molecule is CC[C@@H](C(=O)[C@@H](C)[C@@H](O)[C@H](C)[C@@H]1O[C@@H]([C@@H](CC)C(=O)O)CC[C@@H]1C)[C@H]1O[C@]2(C=C[C@@H](NC(=O)c3cc(OC)c(OC)c(OC)c3)[C@]3(CC[C@@](C)([C@H]4CC[C@](O)(CC)[C@H](C)O4)O3)O2)[C@H](C)C[C@@H]1C. The number of Topliss-reactive ketones (excluding diaryl/α,β-unsaturated/α-hetero) is 1. The molecule has 378 valence electrons. The summed E-state index contributed by atoms with van der Waals surface area (Å²) in [7, 11) is 4.47. The van der Waals surface area contributed by atoms with Crippen LogP contribution >= 0.6 is 0 Å². The number of hydrogen-bond acceptors (Lipinski definition) is 13. The van der Waals surface area contributed by atoms with Gasteiger partial charge in [-0.1, -0.05) is 61.5 Å². The van der Waals surface area contributed by atoms with Gasteiger partial charge in [-0.15, -0.1) is 0 Å². The van der Waals surface area contributed by atoms with Gasteiger partial charge in [0.15, 0.2) is 23.1 Å². The number of carboxylic acids is 1. The number of carboxylic acid groups (broad SMARTS) is 1. The summed E-state index contributed by atoms with van der Waals surface area (Å²) in [5, 5.41) is 36.3. The maximum Gasteiger partial charge on any atom is 0.309 e. The summed E-state index contributed by atoms with van der Waals surface area (Å²) < 4.78 is 51.4. The Bertz CT molecular complexity index is 1920. The van der Waals surface area contributed by atoms with E-state index in [1.165, 1.54) is 21.3 Å². The summed E-state index contributed by atoms with van der Waals surface area (Å²) >= 11 is 0. The molecule has 0 aliphatic carbocycles. The summed E-state index contributed by atoms with van der Waals surface area (Å²) in [5.74, 6) is -5.87. The predicted molar refractivity (Wildman–Crippen MR) is 250 cm³/mol. The molecule has 15 heteroatoms. The van der Waals surface area contributed by atoms with E-state index >= 15 is 0 Å². The quantitative estimate of drug-likeness (QED) is 0.111. The molecule has 0 saturated carbocycles. The molecular weight excluding hydrogens is 863 g/mol. The Balaban J connectivity index is 1.29. The Morgan fingerprint density at radius 2 is 1.51 bits per heavy atom. The summed E-state index contributed by atoms with van der Waals surface area (Å²) in [5.41, 5.74) is -1.55. The second-order valence-electron chi connectivity index (χ2n) is 20.8. The molecule has 4 N–H and O–H groups in total. The highest BCUT2D eigenvalue weighted by molar-refractivity contribution is 5.96. The van der Waals surface area contributed by atoms with Crippen molar-refractivity contribution in [2.45, 2.75) is 199 Å². The highest BCUT2D eigenvalue weighted by atomic mass is 16.8. The van der Waals surface area contributed by atoms with Crippen LogP contribution in [0.5, 0.6) is 17.2 Å². The number of ether oxygens (including phenoxy) is 8. The standard InChI is InChI=1S/C52H81NO14/c1-14-35(48(57)58)37-18-17-28(4)44(64-37)32(8)42(54)31(7)43(55)36(15-2)45-29(5)25-30(6)51(65-45)22-19-40(53-47(56)34-26-38(60-11)46(62-13)39(27-34)61-12)52(67-51)24-23-49(10,66-52)41-20-21-50(59,16-3)33(9)63-41/h19,22,26-33,35-37,40-42,44-45,54,59H,14-18,20-21,23-25H2,1-13H3,(H,53,56)(H,57,58)/t28-,29-,30+,31-,32-,33-,35+,36-,37+,40+,41+,42+,44+,45-,49-,50+,51-,52-/m0/s1. The van der Waals surface area contributed by atoms with Gasteiger partial charge in [0.05, 0.1) is 75.1 Å². The van der Waals surface area contributed by atoms with Crippen molar-refractivity contribution < 1.29 is 67.6 Å². The first-order valence-corrected chi connectivity index (χ1v) is 25.0. The molecule has 0 radical (unpaired) electrons. The van der Waals surface area contributed by atoms with Gasteiger partial charge >= 0.3 is 5.97 Å². The number of nitrogens with one attached hydrogen (secondary N) is 1. The number of aliphatic carboxylic acids is 1. The van der Waals surface area contributed by atoms with Gasteiger partial charge in [-0.05, 0) is 102 Å². The van der Waals surface area contributed by atoms with Crippen LogP contribution in [0.4, 0.5) is 0 Å². The first kappa shape index (κ1) is 53.0. The minimum absolute atomic E-state index is 0.0599. The van der Waals surface area contributed by atoms with Crippen LogP contribution < -0.4 is 19.5 Å². The normalized spacial score (nSPS) is 38.7. The number of rotatable bonds is 17. The second-order valence-corrected chi connectivity index (χ2v) is 20.8. The number of benzene rings is 1. The van der Waals surface area contributed by atoms with Gasteiger partial charge in [0.2, 0.25) is 5.75 Å². The van der Waals surface area contributed by atoms with E-state index in [-0.39, 0.29) is 35.2 Å². The van der Waals surface area contributed by atoms with Gasteiger partial charge in [-0.2, -0.15) is 0 Å². The predicted octanol–water partition coefficient (Wildman–Crippen LogP) is 7.65. The molecule has 4 saturated heterocycles. The summed E-state index contributed by atoms with van der Waals surface area (Å²) in [4.78, 5) is 41.2. The van der Waals surface area contributed by atoms with Gasteiger partial charge in [0, 0.05) is 35.7 Å². The van der Waals surface area contributed by atoms with Crippen molar-refractivity contribution in [2.75, 3.05) is 21.3 Å². The molecule has 1 amide bonds. The van der Waals surface area contributed by atoms with Gasteiger partial charge < -0.3 is 58.5 Å². The second kappa shape index (κ2) is 21.0.